The SMILES string of the molecule is Cc1ccccc1C=NN1CC(=O)N2CCc3c([nH]c4ccccc34)[C@]2(C)C1=O. The topological polar surface area (TPSA) is 68.8 Å². The molecular weight excluding hydrogens is 364 g/mol. The van der Waals surface area contributed by atoms with Crippen molar-refractivity contribution in [1.82, 2.24) is 14.9 Å². The first-order valence-corrected chi connectivity index (χ1v) is 9.82. The van der Waals surface area contributed by atoms with E-state index in [1.807, 2.05) is 56.3 Å². The van der Waals surface area contributed by atoms with Crippen LogP contribution in [0.5, 0.6) is 0 Å². The van der Waals surface area contributed by atoms with E-state index in [9.17, 15) is 9.59 Å². The van der Waals surface area contributed by atoms with Crippen LogP contribution in [0.3, 0.4) is 0 Å². The van der Waals surface area contributed by atoms with E-state index < -0.39 is 5.54 Å². The van der Waals surface area contributed by atoms with Crippen LogP contribution < -0.4 is 0 Å². The maximum absolute atomic E-state index is 13.6. The maximum Gasteiger partial charge on any atom is 0.275 e. The molecule has 5 rings (SSSR count). The third-order valence-electron chi connectivity index (χ3n) is 6.19. The molecule has 0 radical (unpaired) electrons. The molecule has 1 aromatic heterocycles. The summed E-state index contributed by atoms with van der Waals surface area (Å²) < 4.78 is 0. The van der Waals surface area contributed by atoms with Crippen molar-refractivity contribution in [2.45, 2.75) is 25.8 Å². The fourth-order valence-corrected chi connectivity index (χ4v) is 4.55. The molecular formula is C23H22N4O2. The predicted molar refractivity (Wildman–Crippen MR) is 112 cm³/mol. The summed E-state index contributed by atoms with van der Waals surface area (Å²) in [6.07, 6.45) is 2.40. The first kappa shape index (κ1) is 17.7. The van der Waals surface area contributed by atoms with Crippen molar-refractivity contribution in [2.24, 2.45) is 5.10 Å². The standard InChI is InChI=1S/C23H22N4O2/c1-15-7-3-4-8-16(15)13-24-27-14-20(28)26-12-11-18-17-9-5-6-10-19(17)25-21(18)23(26,2)22(27)29/h3-10,13,25H,11-12,14H2,1-2H3/t23-/m1/s1. The van der Waals surface area contributed by atoms with Crippen LogP contribution in [-0.4, -0.2) is 46.0 Å². The lowest BCUT2D eigenvalue weighted by molar-refractivity contribution is -0.165. The summed E-state index contributed by atoms with van der Waals surface area (Å²) in [4.78, 5) is 31.6. The van der Waals surface area contributed by atoms with Crippen molar-refractivity contribution in [3.8, 4) is 0 Å². The number of carbonyl (C=O) groups is 2. The molecule has 2 aromatic carbocycles. The average molecular weight is 386 g/mol. The molecule has 6 heteroatoms. The van der Waals surface area contributed by atoms with Crippen LogP contribution in [-0.2, 0) is 21.5 Å². The summed E-state index contributed by atoms with van der Waals surface area (Å²) in [5, 5.41) is 6.83. The highest BCUT2D eigenvalue weighted by molar-refractivity contribution is 6.01. The van der Waals surface area contributed by atoms with Gasteiger partial charge in [0.15, 0.2) is 5.54 Å². The van der Waals surface area contributed by atoms with Crippen LogP contribution in [0.1, 0.15) is 29.3 Å². The largest absolute Gasteiger partial charge is 0.356 e. The van der Waals surface area contributed by atoms with Crippen molar-refractivity contribution in [2.75, 3.05) is 13.1 Å². The number of benzene rings is 2. The molecule has 2 amide bonds. The molecule has 2 aliphatic rings. The highest BCUT2D eigenvalue weighted by atomic mass is 16.2. The minimum atomic E-state index is -1.08. The van der Waals surface area contributed by atoms with E-state index in [0.29, 0.717) is 6.54 Å². The van der Waals surface area contributed by atoms with Crippen LogP contribution in [0.2, 0.25) is 0 Å². The molecule has 0 spiro atoms. The molecule has 3 heterocycles. The number of hydrazone groups is 1. The zero-order valence-electron chi connectivity index (χ0n) is 16.5. The van der Waals surface area contributed by atoms with Crippen LogP contribution in [0.25, 0.3) is 10.9 Å². The van der Waals surface area contributed by atoms with Crippen LogP contribution in [0, 0.1) is 6.92 Å². The van der Waals surface area contributed by atoms with Gasteiger partial charge in [-0.25, -0.2) is 5.01 Å². The van der Waals surface area contributed by atoms with Crippen molar-refractivity contribution >= 4 is 28.9 Å². The van der Waals surface area contributed by atoms with Crippen LogP contribution in [0.15, 0.2) is 53.6 Å². The van der Waals surface area contributed by atoms with E-state index in [-0.39, 0.29) is 18.4 Å². The van der Waals surface area contributed by atoms with Gasteiger partial charge in [-0.2, -0.15) is 5.10 Å². The van der Waals surface area contributed by atoms with Gasteiger partial charge in [-0.05, 0) is 43.0 Å². The maximum atomic E-state index is 13.6. The van der Waals surface area contributed by atoms with Crippen molar-refractivity contribution in [1.29, 1.82) is 0 Å². The first-order chi connectivity index (χ1) is 14.0. The number of carbonyl (C=O) groups excluding carboxylic acids is 2. The number of aromatic nitrogens is 1. The van der Waals surface area contributed by atoms with Gasteiger partial charge in [0.25, 0.3) is 5.91 Å². The normalized spacial score (nSPS) is 21.7. The Bertz CT molecular complexity index is 1180. The van der Waals surface area contributed by atoms with E-state index >= 15 is 0 Å². The predicted octanol–water partition coefficient (Wildman–Crippen LogP) is 2.95. The summed E-state index contributed by atoms with van der Waals surface area (Å²) >= 11 is 0. The van der Waals surface area contributed by atoms with Gasteiger partial charge >= 0.3 is 0 Å². The molecule has 1 fully saturated rings. The number of nitrogens with zero attached hydrogens (tertiary/aromatic N) is 3. The summed E-state index contributed by atoms with van der Waals surface area (Å²) in [6, 6.07) is 15.9. The number of H-pyrrole nitrogens is 1. The van der Waals surface area contributed by atoms with E-state index in [0.717, 1.165) is 39.7 Å². The monoisotopic (exact) mass is 386 g/mol. The van der Waals surface area contributed by atoms with Gasteiger partial charge in [-0.3, -0.25) is 9.59 Å². The van der Waals surface area contributed by atoms with Crippen LogP contribution in [0.4, 0.5) is 0 Å². The summed E-state index contributed by atoms with van der Waals surface area (Å²) in [5.41, 5.74) is 3.82. The number of rotatable bonds is 2. The molecule has 3 aromatic rings. The Morgan fingerprint density at radius 2 is 1.86 bits per heavy atom. The molecule has 6 nitrogen and oxygen atoms in total. The molecule has 1 atom stereocenters. The molecule has 0 aliphatic carbocycles. The van der Waals surface area contributed by atoms with E-state index in [4.69, 9.17) is 0 Å². The minimum absolute atomic E-state index is 0.0354. The molecule has 146 valence electrons. The van der Waals surface area contributed by atoms with E-state index in [1.54, 1.807) is 11.1 Å². The van der Waals surface area contributed by atoms with Gasteiger partial charge in [0.05, 0.1) is 11.9 Å². The zero-order valence-corrected chi connectivity index (χ0v) is 16.5. The summed E-state index contributed by atoms with van der Waals surface area (Å²) in [7, 11) is 0. The number of aromatic amines is 1. The van der Waals surface area contributed by atoms with Crippen LogP contribution >= 0.6 is 0 Å². The Kier molecular flexibility index (Phi) is 3.84. The van der Waals surface area contributed by atoms with Crippen molar-refractivity contribution < 1.29 is 9.59 Å². The molecule has 0 bridgehead atoms. The number of hydrogen-bond acceptors (Lipinski definition) is 3. The Morgan fingerprint density at radius 1 is 1.10 bits per heavy atom. The first-order valence-electron chi connectivity index (χ1n) is 9.82. The quantitative estimate of drug-likeness (QED) is 0.688. The van der Waals surface area contributed by atoms with Gasteiger partial charge in [-0.1, -0.05) is 42.5 Å². The molecule has 2 aliphatic heterocycles. The fraction of sp³-hybridized carbons (Fsp3) is 0.261. The van der Waals surface area contributed by atoms with Gasteiger partial charge in [0.2, 0.25) is 5.91 Å². The lowest BCUT2D eigenvalue weighted by Crippen LogP contribution is -2.65. The summed E-state index contributed by atoms with van der Waals surface area (Å²) in [6.45, 7) is 4.32. The smallest absolute Gasteiger partial charge is 0.275 e. The molecule has 0 unspecified atom stereocenters. The van der Waals surface area contributed by atoms with Gasteiger partial charge in [0, 0.05) is 17.4 Å². The molecule has 1 N–H and O–H groups in total. The molecule has 29 heavy (non-hydrogen) atoms. The number of piperazine rings is 1. The third-order valence-corrected chi connectivity index (χ3v) is 6.19. The zero-order chi connectivity index (χ0) is 20.2. The van der Waals surface area contributed by atoms with E-state index in [1.165, 1.54) is 5.01 Å². The Hall–Kier alpha value is -3.41. The number of nitrogens with one attached hydrogen (secondary N) is 1. The molecule has 1 saturated heterocycles. The summed E-state index contributed by atoms with van der Waals surface area (Å²) in [5.74, 6) is -0.271. The lowest BCUT2D eigenvalue weighted by Gasteiger charge is -2.48. The van der Waals surface area contributed by atoms with Gasteiger partial charge < -0.3 is 9.88 Å². The Labute approximate surface area is 168 Å². The van der Waals surface area contributed by atoms with Gasteiger partial charge in [-0.15, -0.1) is 0 Å². The number of aryl methyl sites for hydroxylation is 1. The number of fused-ring (bicyclic) bond motifs is 5. The lowest BCUT2D eigenvalue weighted by atomic mass is 9.83. The minimum Gasteiger partial charge on any atom is -0.356 e. The second-order valence-electron chi connectivity index (χ2n) is 7.86. The fourth-order valence-electron chi connectivity index (χ4n) is 4.55. The highest BCUT2D eigenvalue weighted by Gasteiger charge is 2.54. The van der Waals surface area contributed by atoms with Crippen molar-refractivity contribution in [3.05, 3.63) is 70.9 Å². The number of amides is 2. The Morgan fingerprint density at radius 3 is 2.69 bits per heavy atom. The third kappa shape index (κ3) is 2.52. The van der Waals surface area contributed by atoms with Crippen molar-refractivity contribution in [3.63, 3.8) is 0 Å². The van der Waals surface area contributed by atoms with E-state index in [2.05, 4.69) is 16.2 Å². The molecule has 0 saturated carbocycles. The number of para-hydroxylation sites is 1. The highest BCUT2D eigenvalue weighted by Crippen LogP contribution is 2.41. The average Bonchev–Trinajstić information content (AvgIpc) is 3.11. The van der Waals surface area contributed by atoms with Gasteiger partial charge in [0.1, 0.15) is 6.54 Å². The Balaban J connectivity index is 1.58. The number of hydrogen-bond donors (Lipinski definition) is 1. The second-order valence-corrected chi connectivity index (χ2v) is 7.86. The second kappa shape index (κ2) is 6.30.